The molecule has 84 valence electrons. The largest absolute Gasteiger partial charge is 0.314 e. The maximum absolute atomic E-state index is 4.41. The summed E-state index contributed by atoms with van der Waals surface area (Å²) in [6.07, 6.45) is 3.52. The van der Waals surface area contributed by atoms with E-state index in [0.29, 0.717) is 0 Å². The van der Waals surface area contributed by atoms with Crippen molar-refractivity contribution < 1.29 is 0 Å². The molecule has 0 bridgehead atoms. The Morgan fingerprint density at radius 3 is 3.06 bits per heavy atom. The Morgan fingerprint density at radius 2 is 2.25 bits per heavy atom. The van der Waals surface area contributed by atoms with Gasteiger partial charge in [0.1, 0.15) is 0 Å². The minimum absolute atomic E-state index is 0.744. The van der Waals surface area contributed by atoms with E-state index in [1.165, 1.54) is 12.8 Å². The highest BCUT2D eigenvalue weighted by atomic mass is 15.4. The van der Waals surface area contributed by atoms with Gasteiger partial charge in [-0.25, -0.2) is 0 Å². The predicted molar refractivity (Wildman–Crippen MR) is 60.2 cm³/mol. The van der Waals surface area contributed by atoms with Crippen molar-refractivity contribution >= 4 is 5.65 Å². The minimum atomic E-state index is 0.744. The molecule has 0 unspecified atom stereocenters. The maximum atomic E-state index is 4.41. The van der Waals surface area contributed by atoms with Gasteiger partial charge in [-0.15, -0.1) is 10.2 Å². The molecular weight excluding hydrogens is 202 g/mol. The minimum Gasteiger partial charge on any atom is -0.314 e. The van der Waals surface area contributed by atoms with Crippen molar-refractivity contribution in [2.24, 2.45) is 0 Å². The lowest BCUT2D eigenvalue weighted by atomic mass is 10.4. The van der Waals surface area contributed by atoms with Gasteiger partial charge < -0.3 is 5.32 Å². The zero-order valence-corrected chi connectivity index (χ0v) is 9.35. The third-order valence-corrected chi connectivity index (χ3v) is 2.82. The molecule has 16 heavy (non-hydrogen) atoms. The summed E-state index contributed by atoms with van der Waals surface area (Å²) in [5.41, 5.74) is 1.82. The monoisotopic (exact) mass is 217 g/mol. The number of hydrogen-bond acceptors (Lipinski definition) is 4. The highest BCUT2D eigenvalue weighted by Gasteiger charge is 2.20. The molecule has 5 heteroatoms. The van der Waals surface area contributed by atoms with E-state index in [1.54, 1.807) is 0 Å². The molecule has 0 spiro atoms. The van der Waals surface area contributed by atoms with Crippen LogP contribution in [0.4, 0.5) is 0 Å². The van der Waals surface area contributed by atoms with Crippen LogP contribution in [0, 0.1) is 6.92 Å². The van der Waals surface area contributed by atoms with Gasteiger partial charge in [-0.3, -0.25) is 0 Å². The van der Waals surface area contributed by atoms with E-state index in [4.69, 9.17) is 0 Å². The number of hydrogen-bond donors (Lipinski definition) is 1. The van der Waals surface area contributed by atoms with E-state index in [2.05, 4.69) is 20.6 Å². The number of aryl methyl sites for hydroxylation is 1. The van der Waals surface area contributed by atoms with Crippen molar-refractivity contribution in [1.29, 1.82) is 0 Å². The molecule has 0 aromatic carbocycles. The first kappa shape index (κ1) is 9.72. The van der Waals surface area contributed by atoms with Crippen LogP contribution in [-0.4, -0.2) is 32.4 Å². The molecular formula is C11H15N5. The van der Waals surface area contributed by atoms with Crippen LogP contribution >= 0.6 is 0 Å². The second-order valence-electron chi connectivity index (χ2n) is 4.34. The number of fused-ring (bicyclic) bond motifs is 1. The summed E-state index contributed by atoms with van der Waals surface area (Å²) in [5, 5.41) is 16.1. The predicted octanol–water partition coefficient (Wildman–Crippen LogP) is 0.727. The summed E-state index contributed by atoms with van der Waals surface area (Å²) in [6, 6.07) is 4.65. The van der Waals surface area contributed by atoms with Crippen LogP contribution in [0.15, 0.2) is 12.1 Å². The molecule has 2 heterocycles. The molecule has 2 aromatic heterocycles. The summed E-state index contributed by atoms with van der Waals surface area (Å²) in [5.74, 6) is 0.937. The third-order valence-electron chi connectivity index (χ3n) is 2.82. The number of rotatable bonds is 4. The third kappa shape index (κ3) is 1.90. The molecule has 1 fully saturated rings. The molecule has 2 aromatic rings. The molecule has 1 N–H and O–H groups in total. The maximum Gasteiger partial charge on any atom is 0.177 e. The van der Waals surface area contributed by atoms with Crippen LogP contribution < -0.4 is 5.32 Å². The van der Waals surface area contributed by atoms with E-state index >= 15 is 0 Å². The topological polar surface area (TPSA) is 55.1 Å². The lowest BCUT2D eigenvalue weighted by molar-refractivity contribution is 0.653. The average molecular weight is 217 g/mol. The van der Waals surface area contributed by atoms with Crippen LogP contribution in [0.5, 0.6) is 0 Å². The van der Waals surface area contributed by atoms with Gasteiger partial charge in [0, 0.05) is 19.0 Å². The Balaban J connectivity index is 1.76. The van der Waals surface area contributed by atoms with Crippen molar-refractivity contribution in [3.05, 3.63) is 23.7 Å². The first-order chi connectivity index (χ1) is 7.83. The lowest BCUT2D eigenvalue weighted by Gasteiger charge is -2.01. The van der Waals surface area contributed by atoms with E-state index in [0.717, 1.165) is 36.2 Å². The summed E-state index contributed by atoms with van der Waals surface area (Å²) in [4.78, 5) is 0. The van der Waals surface area contributed by atoms with Gasteiger partial charge >= 0.3 is 0 Å². The van der Waals surface area contributed by atoms with Crippen molar-refractivity contribution in [3.63, 3.8) is 0 Å². The first-order valence-electron chi connectivity index (χ1n) is 5.74. The van der Waals surface area contributed by atoms with Crippen molar-refractivity contribution in [2.45, 2.75) is 32.2 Å². The van der Waals surface area contributed by atoms with Crippen LogP contribution in [-0.2, 0) is 6.42 Å². The highest BCUT2D eigenvalue weighted by molar-refractivity contribution is 5.36. The van der Waals surface area contributed by atoms with Crippen LogP contribution in [0.25, 0.3) is 5.65 Å². The molecule has 0 aliphatic heterocycles. The second-order valence-corrected chi connectivity index (χ2v) is 4.34. The standard InChI is InChI=1S/C11H15N5/c1-8-2-5-10-13-14-11(16(10)15-8)6-7-12-9-3-4-9/h2,5,9,12H,3-4,6-7H2,1H3. The van der Waals surface area contributed by atoms with Gasteiger partial charge in [0.05, 0.1) is 5.69 Å². The van der Waals surface area contributed by atoms with Gasteiger partial charge in [-0.05, 0) is 31.9 Å². The Labute approximate surface area is 93.9 Å². The molecule has 3 rings (SSSR count). The summed E-state index contributed by atoms with van der Waals surface area (Å²) < 4.78 is 1.84. The molecule has 0 saturated heterocycles. The Hall–Kier alpha value is -1.49. The molecule has 1 saturated carbocycles. The zero-order chi connectivity index (χ0) is 11.0. The Kier molecular flexibility index (Phi) is 2.32. The fourth-order valence-electron chi connectivity index (χ4n) is 1.76. The van der Waals surface area contributed by atoms with Gasteiger partial charge in [0.15, 0.2) is 11.5 Å². The Bertz CT molecular complexity index is 500. The second kappa shape index (κ2) is 3.83. The SMILES string of the molecule is Cc1ccc2nnc(CCNC3CC3)n2n1. The molecule has 1 aliphatic carbocycles. The van der Waals surface area contributed by atoms with Gasteiger partial charge in [0.2, 0.25) is 0 Å². The van der Waals surface area contributed by atoms with E-state index in [1.807, 2.05) is 23.6 Å². The normalized spacial score (nSPS) is 15.8. The van der Waals surface area contributed by atoms with Crippen LogP contribution in [0.1, 0.15) is 24.4 Å². The van der Waals surface area contributed by atoms with Gasteiger partial charge in [-0.1, -0.05) is 0 Å². The zero-order valence-electron chi connectivity index (χ0n) is 9.35. The van der Waals surface area contributed by atoms with Gasteiger partial charge in [-0.2, -0.15) is 9.61 Å². The first-order valence-corrected chi connectivity index (χ1v) is 5.74. The van der Waals surface area contributed by atoms with Crippen LogP contribution in [0.3, 0.4) is 0 Å². The lowest BCUT2D eigenvalue weighted by Crippen LogP contribution is -2.20. The molecule has 0 amide bonds. The van der Waals surface area contributed by atoms with E-state index in [-0.39, 0.29) is 0 Å². The summed E-state index contributed by atoms with van der Waals surface area (Å²) in [6.45, 7) is 2.94. The molecule has 1 aliphatic rings. The summed E-state index contributed by atoms with van der Waals surface area (Å²) >= 11 is 0. The highest BCUT2D eigenvalue weighted by Crippen LogP contribution is 2.18. The molecule has 0 radical (unpaired) electrons. The van der Waals surface area contributed by atoms with E-state index in [9.17, 15) is 0 Å². The number of nitrogens with zero attached hydrogens (tertiary/aromatic N) is 4. The fourth-order valence-corrected chi connectivity index (χ4v) is 1.76. The smallest absolute Gasteiger partial charge is 0.177 e. The Morgan fingerprint density at radius 1 is 1.38 bits per heavy atom. The van der Waals surface area contributed by atoms with Crippen molar-refractivity contribution in [3.8, 4) is 0 Å². The molecule has 5 nitrogen and oxygen atoms in total. The summed E-state index contributed by atoms with van der Waals surface area (Å²) in [7, 11) is 0. The van der Waals surface area contributed by atoms with Gasteiger partial charge in [0.25, 0.3) is 0 Å². The number of nitrogens with one attached hydrogen (secondary N) is 1. The molecule has 0 atom stereocenters. The van der Waals surface area contributed by atoms with E-state index < -0.39 is 0 Å². The van der Waals surface area contributed by atoms with Crippen molar-refractivity contribution in [1.82, 2.24) is 25.1 Å². The fraction of sp³-hybridized carbons (Fsp3) is 0.545. The van der Waals surface area contributed by atoms with Crippen LogP contribution in [0.2, 0.25) is 0 Å². The average Bonchev–Trinajstić information content (AvgIpc) is 3.01. The quantitative estimate of drug-likeness (QED) is 0.820. The number of aromatic nitrogens is 4. The van der Waals surface area contributed by atoms with Crippen molar-refractivity contribution in [2.75, 3.05) is 6.54 Å².